The van der Waals surface area contributed by atoms with E-state index < -0.39 is 4.92 Å². The highest BCUT2D eigenvalue weighted by atomic mass is 32.1. The molecule has 0 atom stereocenters. The molecule has 6 nitrogen and oxygen atoms in total. The van der Waals surface area contributed by atoms with E-state index in [1.54, 1.807) is 17.4 Å². The number of hydrogen-bond acceptors (Lipinski definition) is 6. The fourth-order valence-corrected chi connectivity index (χ4v) is 2.64. The Morgan fingerprint density at radius 2 is 2.25 bits per heavy atom. The van der Waals surface area contributed by atoms with Gasteiger partial charge in [-0.25, -0.2) is 4.98 Å². The van der Waals surface area contributed by atoms with Crippen LogP contribution < -0.4 is 5.32 Å². The minimum Gasteiger partial charge on any atom is -0.378 e. The average Bonchev–Trinajstić information content (AvgIpc) is 2.74. The number of hydrogen-bond donors (Lipinski definition) is 1. The Balaban J connectivity index is 2.20. The third-order valence-electron chi connectivity index (χ3n) is 2.78. The van der Waals surface area contributed by atoms with Crippen molar-refractivity contribution >= 4 is 22.7 Å². The first-order valence-corrected chi connectivity index (χ1v) is 6.68. The van der Waals surface area contributed by atoms with Crippen LogP contribution in [0.3, 0.4) is 0 Å². The molecule has 2 aromatic rings. The molecule has 1 aromatic carbocycles. The number of nitro benzene ring substituents is 1. The van der Waals surface area contributed by atoms with Gasteiger partial charge in [-0.2, -0.15) is 5.26 Å². The number of thiazole rings is 1. The van der Waals surface area contributed by atoms with Crippen molar-refractivity contribution in [1.82, 2.24) is 4.98 Å². The van der Waals surface area contributed by atoms with Crippen LogP contribution in [-0.4, -0.2) is 9.91 Å². The van der Waals surface area contributed by atoms with Gasteiger partial charge in [-0.3, -0.25) is 10.1 Å². The van der Waals surface area contributed by atoms with Gasteiger partial charge in [0.2, 0.25) is 0 Å². The van der Waals surface area contributed by atoms with Gasteiger partial charge in [-0.15, -0.1) is 11.3 Å². The van der Waals surface area contributed by atoms with E-state index in [0.29, 0.717) is 12.2 Å². The lowest BCUT2D eigenvalue weighted by Crippen LogP contribution is -2.03. The average molecular weight is 288 g/mol. The van der Waals surface area contributed by atoms with Gasteiger partial charge in [0.15, 0.2) is 0 Å². The fourth-order valence-electron chi connectivity index (χ4n) is 1.81. The summed E-state index contributed by atoms with van der Waals surface area (Å²) < 4.78 is 0. The largest absolute Gasteiger partial charge is 0.378 e. The molecule has 0 aliphatic carbocycles. The second-order valence-corrected chi connectivity index (χ2v) is 5.60. The second kappa shape index (κ2) is 5.67. The monoisotopic (exact) mass is 288 g/mol. The quantitative estimate of drug-likeness (QED) is 0.689. The first-order valence-electron chi connectivity index (χ1n) is 5.86. The SMILES string of the molecule is Cc1nc(CNc2ccc([N+](=O)[O-])cc2C#N)c(C)s1. The van der Waals surface area contributed by atoms with Crippen molar-refractivity contribution in [3.05, 3.63) is 49.5 Å². The summed E-state index contributed by atoms with van der Waals surface area (Å²) in [5.41, 5.74) is 1.66. The number of benzene rings is 1. The number of rotatable bonds is 4. The maximum Gasteiger partial charge on any atom is 0.270 e. The van der Waals surface area contributed by atoms with Crippen LogP contribution in [0.15, 0.2) is 18.2 Å². The molecule has 1 heterocycles. The molecule has 0 aliphatic heterocycles. The van der Waals surface area contributed by atoms with Crippen LogP contribution in [0.5, 0.6) is 0 Å². The third-order valence-corrected chi connectivity index (χ3v) is 3.71. The Bertz CT molecular complexity index is 703. The minimum absolute atomic E-state index is 0.0900. The van der Waals surface area contributed by atoms with Crippen molar-refractivity contribution in [2.75, 3.05) is 5.32 Å². The van der Waals surface area contributed by atoms with Crippen LogP contribution >= 0.6 is 11.3 Å². The predicted octanol–water partition coefficient (Wildman–Crippen LogP) is 3.15. The standard InChI is InChI=1S/C13H12N4O2S/c1-8-13(16-9(2)20-8)7-15-12-4-3-11(17(18)19)5-10(12)6-14/h3-5,15H,7H2,1-2H3. The fraction of sp³-hybridized carbons (Fsp3) is 0.231. The minimum atomic E-state index is -0.515. The lowest BCUT2D eigenvalue weighted by atomic mass is 10.1. The summed E-state index contributed by atoms with van der Waals surface area (Å²) in [4.78, 5) is 15.7. The van der Waals surface area contributed by atoms with E-state index in [0.717, 1.165) is 15.6 Å². The zero-order chi connectivity index (χ0) is 14.7. The molecule has 102 valence electrons. The summed E-state index contributed by atoms with van der Waals surface area (Å²) >= 11 is 1.62. The highest BCUT2D eigenvalue weighted by Gasteiger charge is 2.11. The molecule has 0 saturated heterocycles. The second-order valence-electron chi connectivity index (χ2n) is 4.19. The van der Waals surface area contributed by atoms with Crippen molar-refractivity contribution in [2.24, 2.45) is 0 Å². The number of nitrogens with zero attached hydrogens (tertiary/aromatic N) is 3. The molecule has 0 spiro atoms. The number of nitro groups is 1. The summed E-state index contributed by atoms with van der Waals surface area (Å²) in [5.74, 6) is 0. The Kier molecular flexibility index (Phi) is 3.96. The molecule has 0 aliphatic rings. The van der Waals surface area contributed by atoms with Crippen molar-refractivity contribution in [1.29, 1.82) is 5.26 Å². The molecule has 20 heavy (non-hydrogen) atoms. The molecule has 0 radical (unpaired) electrons. The normalized spacial score (nSPS) is 10.1. The summed E-state index contributed by atoms with van der Waals surface area (Å²) in [7, 11) is 0. The summed E-state index contributed by atoms with van der Waals surface area (Å²) in [6.07, 6.45) is 0. The zero-order valence-electron chi connectivity index (χ0n) is 11.0. The highest BCUT2D eigenvalue weighted by Crippen LogP contribution is 2.23. The molecule has 2 rings (SSSR count). The third kappa shape index (κ3) is 2.92. The molecule has 0 amide bonds. The zero-order valence-corrected chi connectivity index (χ0v) is 11.8. The number of nitrogens with one attached hydrogen (secondary N) is 1. The van der Waals surface area contributed by atoms with Crippen molar-refractivity contribution in [2.45, 2.75) is 20.4 Å². The van der Waals surface area contributed by atoms with E-state index >= 15 is 0 Å². The molecular weight excluding hydrogens is 276 g/mol. The number of aryl methyl sites for hydroxylation is 2. The van der Waals surface area contributed by atoms with Gasteiger partial charge in [-0.05, 0) is 19.9 Å². The Morgan fingerprint density at radius 3 is 2.80 bits per heavy atom. The lowest BCUT2D eigenvalue weighted by Gasteiger charge is -2.07. The van der Waals surface area contributed by atoms with Crippen molar-refractivity contribution < 1.29 is 4.92 Å². The molecule has 1 aromatic heterocycles. The molecule has 0 fully saturated rings. The number of anilines is 1. The van der Waals surface area contributed by atoms with Crippen LogP contribution in [0.2, 0.25) is 0 Å². The highest BCUT2D eigenvalue weighted by molar-refractivity contribution is 7.11. The maximum atomic E-state index is 10.7. The van der Waals surface area contributed by atoms with Gasteiger partial charge in [0.1, 0.15) is 6.07 Å². The van der Waals surface area contributed by atoms with Crippen LogP contribution in [0.25, 0.3) is 0 Å². The summed E-state index contributed by atoms with van der Waals surface area (Å²) in [6, 6.07) is 6.15. The van der Waals surface area contributed by atoms with Crippen molar-refractivity contribution in [3.8, 4) is 6.07 Å². The van der Waals surface area contributed by atoms with Gasteiger partial charge in [0.05, 0.1) is 33.4 Å². The molecule has 0 bridgehead atoms. The van der Waals surface area contributed by atoms with E-state index in [2.05, 4.69) is 10.3 Å². The van der Waals surface area contributed by atoms with Gasteiger partial charge in [-0.1, -0.05) is 0 Å². The van der Waals surface area contributed by atoms with Gasteiger partial charge in [0.25, 0.3) is 5.69 Å². The molecular formula is C13H12N4O2S. The van der Waals surface area contributed by atoms with Crippen LogP contribution in [0.4, 0.5) is 11.4 Å². The van der Waals surface area contributed by atoms with Crippen LogP contribution in [-0.2, 0) is 6.54 Å². The molecule has 7 heteroatoms. The Labute approximate surface area is 119 Å². The summed E-state index contributed by atoms with van der Waals surface area (Å²) in [6.45, 7) is 4.42. The van der Waals surface area contributed by atoms with Gasteiger partial charge >= 0.3 is 0 Å². The Morgan fingerprint density at radius 1 is 1.50 bits per heavy atom. The molecule has 1 N–H and O–H groups in total. The number of nitriles is 1. The van der Waals surface area contributed by atoms with E-state index in [1.165, 1.54) is 12.1 Å². The molecule has 0 unspecified atom stereocenters. The van der Waals surface area contributed by atoms with Gasteiger partial charge in [0, 0.05) is 17.0 Å². The Hall–Kier alpha value is -2.46. The van der Waals surface area contributed by atoms with E-state index in [-0.39, 0.29) is 11.3 Å². The lowest BCUT2D eigenvalue weighted by molar-refractivity contribution is -0.384. The number of non-ortho nitro benzene ring substituents is 1. The maximum absolute atomic E-state index is 10.7. The topological polar surface area (TPSA) is 91.8 Å². The van der Waals surface area contributed by atoms with E-state index in [1.807, 2.05) is 19.9 Å². The predicted molar refractivity (Wildman–Crippen MR) is 76.7 cm³/mol. The smallest absolute Gasteiger partial charge is 0.270 e. The van der Waals surface area contributed by atoms with E-state index in [9.17, 15) is 10.1 Å². The van der Waals surface area contributed by atoms with Crippen molar-refractivity contribution in [3.63, 3.8) is 0 Å². The molecule has 0 saturated carbocycles. The van der Waals surface area contributed by atoms with Crippen LogP contribution in [0.1, 0.15) is 21.1 Å². The van der Waals surface area contributed by atoms with Gasteiger partial charge < -0.3 is 5.32 Å². The van der Waals surface area contributed by atoms with E-state index in [4.69, 9.17) is 5.26 Å². The first-order chi connectivity index (χ1) is 9.51. The summed E-state index contributed by atoms with van der Waals surface area (Å²) in [5, 5.41) is 23.8. The first kappa shape index (κ1) is 14.0. The van der Waals surface area contributed by atoms with Crippen LogP contribution in [0, 0.1) is 35.3 Å². The number of aromatic nitrogens is 1.